The molecular weight excluding hydrogens is 164 g/mol. The van der Waals surface area contributed by atoms with Crippen molar-refractivity contribution in [1.82, 2.24) is 0 Å². The van der Waals surface area contributed by atoms with Crippen molar-refractivity contribution in [3.8, 4) is 0 Å². The smallest absolute Gasteiger partial charge is 0.306 e. The molecule has 0 aromatic rings. The molecule has 1 saturated heterocycles. The summed E-state index contributed by atoms with van der Waals surface area (Å²) < 4.78 is 5.03. The van der Waals surface area contributed by atoms with Gasteiger partial charge in [0, 0.05) is 5.92 Å². The molecule has 1 fully saturated rings. The zero-order valence-electron chi connectivity index (χ0n) is 6.00. The zero-order chi connectivity index (χ0) is 7.84. The second-order valence-electron chi connectivity index (χ2n) is 3.06. The minimum Gasteiger partial charge on any atom is -0.458 e. The minimum atomic E-state index is -0.0876. The maximum atomic E-state index is 10.8. The number of carbonyl (C=O) groups is 1. The fraction of sp³-hybridized carbons (Fsp3) is 0.625. The first-order valence-corrected chi connectivity index (χ1v) is 4.21. The Balaban J connectivity index is 2.13. The monoisotopic (exact) mass is 172 g/mol. The second-order valence-corrected chi connectivity index (χ2v) is 3.62. The van der Waals surface area contributed by atoms with E-state index in [1.54, 1.807) is 0 Å². The summed E-state index contributed by atoms with van der Waals surface area (Å²) in [6, 6.07) is 0. The van der Waals surface area contributed by atoms with Crippen LogP contribution >= 0.6 is 11.6 Å². The second kappa shape index (κ2) is 2.52. The quantitative estimate of drug-likeness (QED) is 0.314. The van der Waals surface area contributed by atoms with Crippen molar-refractivity contribution in [2.75, 3.05) is 0 Å². The van der Waals surface area contributed by atoms with Gasteiger partial charge in [0.2, 0.25) is 0 Å². The van der Waals surface area contributed by atoms with Crippen LogP contribution < -0.4 is 0 Å². The molecule has 0 amide bonds. The summed E-state index contributed by atoms with van der Waals surface area (Å²) in [4.78, 5) is 10.8. The highest BCUT2D eigenvalue weighted by Crippen LogP contribution is 2.32. The Labute approximate surface area is 70.2 Å². The molecule has 0 bridgehead atoms. The molecule has 0 radical (unpaired) electrons. The molecule has 0 spiro atoms. The number of allylic oxidation sites excluding steroid dienone is 1. The van der Waals surface area contributed by atoms with E-state index in [1.165, 1.54) is 0 Å². The van der Waals surface area contributed by atoms with Gasteiger partial charge in [0.05, 0.1) is 11.8 Å². The highest BCUT2D eigenvalue weighted by Gasteiger charge is 2.36. The van der Waals surface area contributed by atoms with E-state index in [0.29, 0.717) is 12.3 Å². The summed E-state index contributed by atoms with van der Waals surface area (Å²) in [5, 5.41) is 0.0887. The molecule has 2 nitrogen and oxygen atoms in total. The maximum absolute atomic E-state index is 10.8. The van der Waals surface area contributed by atoms with E-state index < -0.39 is 0 Å². The highest BCUT2D eigenvalue weighted by atomic mass is 35.5. The lowest BCUT2D eigenvalue weighted by molar-refractivity contribution is -0.140. The van der Waals surface area contributed by atoms with Crippen LogP contribution in [-0.4, -0.2) is 17.5 Å². The van der Waals surface area contributed by atoms with Crippen molar-refractivity contribution in [2.24, 2.45) is 5.92 Å². The van der Waals surface area contributed by atoms with Crippen molar-refractivity contribution in [1.29, 1.82) is 0 Å². The number of ether oxygens (including phenoxy) is 1. The van der Waals surface area contributed by atoms with Crippen LogP contribution in [0, 0.1) is 5.92 Å². The van der Waals surface area contributed by atoms with Crippen LogP contribution in [0.4, 0.5) is 0 Å². The van der Waals surface area contributed by atoms with Gasteiger partial charge >= 0.3 is 5.97 Å². The Kier molecular flexibility index (Phi) is 1.64. The number of fused-ring (bicyclic) bond motifs is 1. The highest BCUT2D eigenvalue weighted by molar-refractivity contribution is 6.21. The SMILES string of the molecule is O=C1C[C@@H]2C[C@H](Cl)C=C[C@@H]2O1. The molecule has 0 saturated carbocycles. The normalized spacial score (nSPS) is 41.9. The number of esters is 1. The largest absolute Gasteiger partial charge is 0.458 e. The Bertz CT molecular complexity index is 212. The van der Waals surface area contributed by atoms with Crippen LogP contribution in [0.1, 0.15) is 12.8 Å². The van der Waals surface area contributed by atoms with Gasteiger partial charge in [-0.2, -0.15) is 0 Å². The van der Waals surface area contributed by atoms with Gasteiger partial charge in [0.25, 0.3) is 0 Å². The maximum Gasteiger partial charge on any atom is 0.306 e. The van der Waals surface area contributed by atoms with Crippen LogP contribution in [-0.2, 0) is 9.53 Å². The van der Waals surface area contributed by atoms with Gasteiger partial charge < -0.3 is 4.74 Å². The standard InChI is InChI=1S/C8H9ClO2/c9-6-1-2-7-5(3-6)4-8(10)11-7/h1-2,5-7H,3-4H2/t5-,6+,7-/m0/s1. The molecule has 3 heteroatoms. The van der Waals surface area contributed by atoms with Crippen LogP contribution in [0.25, 0.3) is 0 Å². The molecule has 1 aliphatic heterocycles. The summed E-state index contributed by atoms with van der Waals surface area (Å²) in [5.41, 5.74) is 0. The van der Waals surface area contributed by atoms with E-state index in [-0.39, 0.29) is 17.5 Å². The van der Waals surface area contributed by atoms with Gasteiger partial charge in [-0.15, -0.1) is 11.6 Å². The van der Waals surface area contributed by atoms with E-state index in [1.807, 2.05) is 12.2 Å². The fourth-order valence-electron chi connectivity index (χ4n) is 1.64. The van der Waals surface area contributed by atoms with Crippen molar-refractivity contribution < 1.29 is 9.53 Å². The molecule has 11 heavy (non-hydrogen) atoms. The molecule has 1 heterocycles. The number of alkyl halides is 1. The molecule has 0 aromatic carbocycles. The Morgan fingerprint density at radius 1 is 1.55 bits per heavy atom. The Hall–Kier alpha value is -0.500. The number of hydrogen-bond donors (Lipinski definition) is 0. The summed E-state index contributed by atoms with van der Waals surface area (Å²) in [6.45, 7) is 0. The van der Waals surface area contributed by atoms with Crippen LogP contribution in [0.5, 0.6) is 0 Å². The van der Waals surface area contributed by atoms with Crippen LogP contribution in [0.15, 0.2) is 12.2 Å². The summed E-state index contributed by atoms with van der Waals surface area (Å²) in [7, 11) is 0. The van der Waals surface area contributed by atoms with E-state index >= 15 is 0 Å². The first kappa shape index (κ1) is 7.17. The van der Waals surface area contributed by atoms with E-state index in [2.05, 4.69) is 0 Å². The third-order valence-electron chi connectivity index (χ3n) is 2.20. The molecule has 0 N–H and O–H groups in total. The topological polar surface area (TPSA) is 26.3 Å². The zero-order valence-corrected chi connectivity index (χ0v) is 6.75. The van der Waals surface area contributed by atoms with Crippen molar-refractivity contribution in [3.05, 3.63) is 12.2 Å². The summed E-state index contributed by atoms with van der Waals surface area (Å²) in [6.07, 6.45) is 5.22. The molecule has 60 valence electrons. The van der Waals surface area contributed by atoms with Crippen LogP contribution in [0.3, 0.4) is 0 Å². The predicted octanol–water partition coefficient (Wildman–Crippen LogP) is 1.49. The summed E-state index contributed by atoms with van der Waals surface area (Å²) >= 11 is 5.88. The lowest BCUT2D eigenvalue weighted by Gasteiger charge is -2.20. The minimum absolute atomic E-state index is 0.0116. The van der Waals surface area contributed by atoms with Gasteiger partial charge in [-0.1, -0.05) is 6.08 Å². The van der Waals surface area contributed by atoms with E-state index in [4.69, 9.17) is 16.3 Å². The molecule has 0 unspecified atom stereocenters. The van der Waals surface area contributed by atoms with Gasteiger partial charge in [-0.05, 0) is 12.5 Å². The van der Waals surface area contributed by atoms with Gasteiger partial charge in [0.1, 0.15) is 6.10 Å². The number of rotatable bonds is 0. The molecule has 2 aliphatic rings. The van der Waals surface area contributed by atoms with Gasteiger partial charge in [0.15, 0.2) is 0 Å². The number of halogens is 1. The first-order valence-electron chi connectivity index (χ1n) is 3.77. The molecular formula is C8H9ClO2. The van der Waals surface area contributed by atoms with Gasteiger partial charge in [-0.3, -0.25) is 4.79 Å². The van der Waals surface area contributed by atoms with Crippen molar-refractivity contribution >= 4 is 17.6 Å². The third kappa shape index (κ3) is 1.27. The third-order valence-corrected chi connectivity index (χ3v) is 2.52. The van der Waals surface area contributed by atoms with E-state index in [0.717, 1.165) is 6.42 Å². The molecule has 2 rings (SSSR count). The number of carbonyl (C=O) groups excluding carboxylic acids is 1. The van der Waals surface area contributed by atoms with Crippen molar-refractivity contribution in [3.63, 3.8) is 0 Å². The Morgan fingerprint density at radius 2 is 2.36 bits per heavy atom. The van der Waals surface area contributed by atoms with Gasteiger partial charge in [-0.25, -0.2) is 0 Å². The molecule has 1 aliphatic carbocycles. The molecule has 0 aromatic heterocycles. The fourth-order valence-corrected chi connectivity index (χ4v) is 1.95. The van der Waals surface area contributed by atoms with E-state index in [9.17, 15) is 4.79 Å². The lowest BCUT2D eigenvalue weighted by Crippen LogP contribution is -2.21. The average Bonchev–Trinajstić information content (AvgIpc) is 2.27. The van der Waals surface area contributed by atoms with Crippen LogP contribution in [0.2, 0.25) is 0 Å². The molecule has 3 atom stereocenters. The number of hydrogen-bond acceptors (Lipinski definition) is 2. The average molecular weight is 173 g/mol. The Morgan fingerprint density at radius 3 is 3.18 bits per heavy atom. The first-order chi connectivity index (χ1) is 5.25. The summed E-state index contributed by atoms with van der Waals surface area (Å²) in [5.74, 6) is 0.241. The lowest BCUT2D eigenvalue weighted by atomic mass is 9.91. The predicted molar refractivity (Wildman–Crippen MR) is 41.4 cm³/mol. The van der Waals surface area contributed by atoms with Crippen molar-refractivity contribution in [2.45, 2.75) is 24.3 Å².